The van der Waals surface area contributed by atoms with Crippen LogP contribution in [0, 0.1) is 16.0 Å². The standard InChI is InChI=1S/C17H20N6O4/c18-17(25)12-5-8-21(9-6-12)14-3-1-13(2-4-14)19-16(24)11-22-10-7-15(20-22)23(26)27/h1-4,7,10,12H,5-6,8-9,11H2,(H2,18,25)(H,19,24). The molecule has 0 aliphatic carbocycles. The third-order valence-electron chi connectivity index (χ3n) is 4.53. The number of primary amides is 1. The van der Waals surface area contributed by atoms with Gasteiger partial charge in [-0.25, -0.2) is 0 Å². The minimum absolute atomic E-state index is 0.0575. The Labute approximate surface area is 155 Å². The average molecular weight is 372 g/mol. The molecular weight excluding hydrogens is 352 g/mol. The predicted octanol–water partition coefficient (Wildman–Crippen LogP) is 1.13. The number of hydrogen-bond acceptors (Lipinski definition) is 6. The van der Waals surface area contributed by atoms with Gasteiger partial charge >= 0.3 is 5.82 Å². The van der Waals surface area contributed by atoms with Crippen LogP contribution in [-0.2, 0) is 16.1 Å². The Hall–Kier alpha value is -3.43. The van der Waals surface area contributed by atoms with E-state index in [2.05, 4.69) is 15.3 Å². The minimum atomic E-state index is -0.612. The fourth-order valence-corrected chi connectivity index (χ4v) is 3.06. The van der Waals surface area contributed by atoms with Gasteiger partial charge in [0.15, 0.2) is 0 Å². The number of rotatable bonds is 6. The summed E-state index contributed by atoms with van der Waals surface area (Å²) in [6.07, 6.45) is 2.87. The lowest BCUT2D eigenvalue weighted by atomic mass is 9.96. The van der Waals surface area contributed by atoms with Crippen LogP contribution in [0.25, 0.3) is 0 Å². The number of piperidine rings is 1. The van der Waals surface area contributed by atoms with Crippen molar-refractivity contribution >= 4 is 29.0 Å². The molecule has 0 spiro atoms. The number of amides is 2. The van der Waals surface area contributed by atoms with E-state index >= 15 is 0 Å². The fourth-order valence-electron chi connectivity index (χ4n) is 3.06. The monoisotopic (exact) mass is 372 g/mol. The number of hydrogen-bond donors (Lipinski definition) is 2. The highest BCUT2D eigenvalue weighted by Gasteiger charge is 2.23. The number of nitrogens with zero attached hydrogens (tertiary/aromatic N) is 4. The Morgan fingerprint density at radius 3 is 2.44 bits per heavy atom. The molecule has 0 unspecified atom stereocenters. The number of aromatic nitrogens is 2. The van der Waals surface area contributed by atoms with Gasteiger partial charge in [-0.2, -0.15) is 4.68 Å². The molecule has 3 N–H and O–H groups in total. The summed E-state index contributed by atoms with van der Waals surface area (Å²) in [5, 5.41) is 17.0. The highest BCUT2D eigenvalue weighted by molar-refractivity contribution is 5.90. The highest BCUT2D eigenvalue weighted by Crippen LogP contribution is 2.24. The third kappa shape index (κ3) is 4.60. The molecule has 2 amide bonds. The van der Waals surface area contributed by atoms with E-state index in [1.54, 1.807) is 12.1 Å². The second-order valence-corrected chi connectivity index (χ2v) is 6.39. The normalized spacial score (nSPS) is 14.7. The van der Waals surface area contributed by atoms with Gasteiger partial charge in [-0.15, -0.1) is 0 Å². The van der Waals surface area contributed by atoms with Crippen LogP contribution in [0.1, 0.15) is 12.8 Å². The van der Waals surface area contributed by atoms with E-state index in [0.717, 1.165) is 31.6 Å². The first-order chi connectivity index (χ1) is 12.9. The van der Waals surface area contributed by atoms with Crippen molar-refractivity contribution in [1.82, 2.24) is 9.78 Å². The molecule has 0 bridgehead atoms. The molecule has 2 heterocycles. The van der Waals surface area contributed by atoms with Crippen LogP contribution >= 0.6 is 0 Å². The predicted molar refractivity (Wildman–Crippen MR) is 98.1 cm³/mol. The Morgan fingerprint density at radius 1 is 1.22 bits per heavy atom. The van der Waals surface area contributed by atoms with Gasteiger partial charge in [-0.3, -0.25) is 9.59 Å². The lowest BCUT2D eigenvalue weighted by molar-refractivity contribution is -0.389. The Kier molecular flexibility index (Phi) is 5.34. The van der Waals surface area contributed by atoms with Crippen LogP contribution in [0.5, 0.6) is 0 Å². The molecule has 0 atom stereocenters. The second-order valence-electron chi connectivity index (χ2n) is 6.39. The topological polar surface area (TPSA) is 136 Å². The summed E-state index contributed by atoms with van der Waals surface area (Å²) in [7, 11) is 0. The van der Waals surface area contributed by atoms with Crippen molar-refractivity contribution in [2.45, 2.75) is 19.4 Å². The summed E-state index contributed by atoms with van der Waals surface area (Å²) in [6.45, 7) is 1.41. The SMILES string of the molecule is NC(=O)C1CCN(c2ccc(NC(=O)Cn3ccc([N+](=O)[O-])n3)cc2)CC1. The molecule has 10 nitrogen and oxygen atoms in total. The van der Waals surface area contributed by atoms with Crippen LogP contribution in [-0.4, -0.2) is 39.6 Å². The molecule has 1 aliphatic heterocycles. The van der Waals surface area contributed by atoms with Gasteiger partial charge in [0.1, 0.15) is 6.54 Å². The zero-order valence-electron chi connectivity index (χ0n) is 14.6. The summed E-state index contributed by atoms with van der Waals surface area (Å²) < 4.78 is 1.21. The van der Waals surface area contributed by atoms with Crippen molar-refractivity contribution in [1.29, 1.82) is 0 Å². The largest absolute Gasteiger partial charge is 0.389 e. The van der Waals surface area contributed by atoms with E-state index in [0.29, 0.717) is 5.69 Å². The number of carbonyl (C=O) groups is 2. The van der Waals surface area contributed by atoms with Crippen molar-refractivity contribution in [2.75, 3.05) is 23.3 Å². The minimum Gasteiger partial charge on any atom is -0.371 e. The molecule has 1 saturated heterocycles. The number of anilines is 2. The molecule has 0 radical (unpaired) electrons. The summed E-state index contributed by atoms with van der Waals surface area (Å²) >= 11 is 0. The van der Waals surface area contributed by atoms with Crippen molar-refractivity contribution in [3.05, 3.63) is 46.6 Å². The van der Waals surface area contributed by atoms with E-state index in [-0.39, 0.29) is 30.1 Å². The molecule has 3 rings (SSSR count). The van der Waals surface area contributed by atoms with Crippen LogP contribution in [0.3, 0.4) is 0 Å². The highest BCUT2D eigenvalue weighted by atomic mass is 16.6. The number of nitro groups is 1. The van der Waals surface area contributed by atoms with Gasteiger partial charge in [-0.05, 0) is 42.0 Å². The van der Waals surface area contributed by atoms with Gasteiger partial charge in [0.05, 0.1) is 17.4 Å². The lowest BCUT2D eigenvalue weighted by Crippen LogP contribution is -2.38. The Morgan fingerprint density at radius 2 is 1.89 bits per heavy atom. The molecule has 1 fully saturated rings. The van der Waals surface area contributed by atoms with E-state index in [1.807, 2.05) is 12.1 Å². The fraction of sp³-hybridized carbons (Fsp3) is 0.353. The first kappa shape index (κ1) is 18.4. The Balaban J connectivity index is 1.53. The zero-order chi connectivity index (χ0) is 19.4. The molecule has 1 aromatic heterocycles. The third-order valence-corrected chi connectivity index (χ3v) is 4.53. The van der Waals surface area contributed by atoms with E-state index < -0.39 is 4.92 Å². The number of carbonyl (C=O) groups excluding carboxylic acids is 2. The summed E-state index contributed by atoms with van der Waals surface area (Å²) in [5.41, 5.74) is 6.99. The van der Waals surface area contributed by atoms with Crippen molar-refractivity contribution in [3.63, 3.8) is 0 Å². The quantitative estimate of drug-likeness (QED) is 0.576. The van der Waals surface area contributed by atoms with Gasteiger partial charge in [-0.1, -0.05) is 0 Å². The van der Waals surface area contributed by atoms with E-state index in [9.17, 15) is 19.7 Å². The average Bonchev–Trinajstić information content (AvgIpc) is 3.11. The van der Waals surface area contributed by atoms with Crippen molar-refractivity contribution in [2.24, 2.45) is 11.7 Å². The van der Waals surface area contributed by atoms with Gasteiger partial charge in [0, 0.05) is 30.4 Å². The van der Waals surface area contributed by atoms with Gasteiger partial charge in [0.2, 0.25) is 11.8 Å². The summed E-state index contributed by atoms with van der Waals surface area (Å²) in [6, 6.07) is 8.62. The van der Waals surface area contributed by atoms with Crippen molar-refractivity contribution in [3.8, 4) is 0 Å². The maximum absolute atomic E-state index is 12.1. The molecule has 2 aromatic rings. The zero-order valence-corrected chi connectivity index (χ0v) is 14.6. The van der Waals surface area contributed by atoms with Crippen LogP contribution < -0.4 is 16.0 Å². The van der Waals surface area contributed by atoms with Crippen LogP contribution in [0.15, 0.2) is 36.5 Å². The van der Waals surface area contributed by atoms with Gasteiger partial charge in [0.25, 0.3) is 0 Å². The molecule has 0 saturated carbocycles. The summed E-state index contributed by atoms with van der Waals surface area (Å²) in [4.78, 5) is 35.5. The molecule has 1 aromatic carbocycles. The number of nitrogens with one attached hydrogen (secondary N) is 1. The number of benzene rings is 1. The Bertz CT molecular complexity index is 839. The molecule has 1 aliphatic rings. The van der Waals surface area contributed by atoms with Crippen LogP contribution in [0.4, 0.5) is 17.2 Å². The lowest BCUT2D eigenvalue weighted by Gasteiger charge is -2.32. The number of nitrogens with two attached hydrogens (primary N) is 1. The van der Waals surface area contributed by atoms with Gasteiger partial charge < -0.3 is 26.1 Å². The first-order valence-electron chi connectivity index (χ1n) is 8.54. The maximum Gasteiger partial charge on any atom is 0.389 e. The smallest absolute Gasteiger partial charge is 0.371 e. The first-order valence-corrected chi connectivity index (χ1v) is 8.54. The molecule has 142 valence electrons. The van der Waals surface area contributed by atoms with Crippen molar-refractivity contribution < 1.29 is 14.5 Å². The van der Waals surface area contributed by atoms with Crippen LogP contribution in [0.2, 0.25) is 0 Å². The van der Waals surface area contributed by atoms with E-state index in [1.165, 1.54) is 16.9 Å². The summed E-state index contributed by atoms with van der Waals surface area (Å²) in [5.74, 6) is -0.927. The van der Waals surface area contributed by atoms with E-state index in [4.69, 9.17) is 5.73 Å². The molecular formula is C17H20N6O4. The maximum atomic E-state index is 12.1. The molecule has 10 heteroatoms. The molecule has 27 heavy (non-hydrogen) atoms. The second kappa shape index (κ2) is 7.85.